The molecule has 2 aliphatic rings. The van der Waals surface area contributed by atoms with E-state index in [2.05, 4.69) is 20.1 Å². The van der Waals surface area contributed by atoms with E-state index in [0.717, 1.165) is 56.8 Å². The number of carbonyl (C=O) groups is 2. The Kier molecular flexibility index (Phi) is 5.55. The standard InChI is InChI=1S/C23H25N5O2S/c29-22(19-7-5-15-31-19)24-17-11-9-16(10-12-17)23(30)27-14-4-6-18(27)21-26-25-20-8-2-1-3-13-28(20)21/h5,7,9-12,15,18H,1-4,6,8,13-14H2,(H,24,29). The van der Waals surface area contributed by atoms with E-state index in [1.165, 1.54) is 17.8 Å². The third-order valence-corrected chi connectivity index (χ3v) is 6.95. The van der Waals surface area contributed by atoms with Crippen LogP contribution < -0.4 is 5.32 Å². The second kappa shape index (κ2) is 8.63. The van der Waals surface area contributed by atoms with Gasteiger partial charge < -0.3 is 14.8 Å². The molecule has 2 aliphatic heterocycles. The van der Waals surface area contributed by atoms with Gasteiger partial charge in [-0.05, 0) is 61.4 Å². The molecular formula is C23H25N5O2S. The number of nitrogens with zero attached hydrogens (tertiary/aromatic N) is 4. The van der Waals surface area contributed by atoms with Gasteiger partial charge in [-0.3, -0.25) is 9.59 Å². The fourth-order valence-corrected chi connectivity index (χ4v) is 5.11. The van der Waals surface area contributed by atoms with Crippen LogP contribution in [0.1, 0.15) is 69.8 Å². The van der Waals surface area contributed by atoms with Gasteiger partial charge in [-0.1, -0.05) is 12.5 Å². The van der Waals surface area contributed by atoms with Crippen molar-refractivity contribution < 1.29 is 9.59 Å². The van der Waals surface area contributed by atoms with Crippen LogP contribution in [-0.4, -0.2) is 38.0 Å². The third kappa shape index (κ3) is 3.99. The zero-order valence-corrected chi connectivity index (χ0v) is 18.1. The van der Waals surface area contributed by atoms with Crippen molar-refractivity contribution in [3.63, 3.8) is 0 Å². The summed E-state index contributed by atoms with van der Waals surface area (Å²) in [6.45, 7) is 1.66. The Morgan fingerprint density at radius 1 is 1.00 bits per heavy atom. The number of amides is 2. The molecule has 0 bridgehead atoms. The van der Waals surface area contributed by atoms with Crippen LogP contribution in [0, 0.1) is 0 Å². The van der Waals surface area contributed by atoms with E-state index < -0.39 is 0 Å². The molecule has 1 aromatic carbocycles. The molecule has 1 fully saturated rings. The summed E-state index contributed by atoms with van der Waals surface area (Å²) in [6.07, 6.45) is 6.35. The zero-order valence-electron chi connectivity index (χ0n) is 17.3. The number of aromatic nitrogens is 3. The van der Waals surface area contributed by atoms with Crippen molar-refractivity contribution in [3.8, 4) is 0 Å². The molecule has 3 aromatic rings. The van der Waals surface area contributed by atoms with Crippen LogP contribution in [0.5, 0.6) is 0 Å². The highest BCUT2D eigenvalue weighted by molar-refractivity contribution is 7.12. The van der Waals surface area contributed by atoms with Gasteiger partial charge in [0, 0.05) is 30.8 Å². The lowest BCUT2D eigenvalue weighted by Gasteiger charge is -2.25. The summed E-state index contributed by atoms with van der Waals surface area (Å²) >= 11 is 1.40. The minimum absolute atomic E-state index is 0.00426. The van der Waals surface area contributed by atoms with Gasteiger partial charge in [0.25, 0.3) is 11.8 Å². The Balaban J connectivity index is 1.31. The molecular weight excluding hydrogens is 410 g/mol. The Hall–Kier alpha value is -3.00. The number of thiophene rings is 1. The molecule has 1 saturated heterocycles. The van der Waals surface area contributed by atoms with Gasteiger partial charge in [0.05, 0.1) is 10.9 Å². The summed E-state index contributed by atoms with van der Waals surface area (Å²) in [7, 11) is 0. The Morgan fingerprint density at radius 2 is 1.87 bits per heavy atom. The summed E-state index contributed by atoms with van der Waals surface area (Å²) < 4.78 is 2.24. The fourth-order valence-electron chi connectivity index (χ4n) is 4.49. The number of nitrogens with one attached hydrogen (secondary N) is 1. The average Bonchev–Trinajstić information content (AvgIpc) is 3.52. The van der Waals surface area contributed by atoms with E-state index in [4.69, 9.17) is 0 Å². The zero-order chi connectivity index (χ0) is 21.2. The average molecular weight is 436 g/mol. The molecule has 7 nitrogen and oxygen atoms in total. The number of aryl methyl sites for hydroxylation is 1. The number of hydrogen-bond acceptors (Lipinski definition) is 5. The number of anilines is 1. The quantitative estimate of drug-likeness (QED) is 0.663. The molecule has 0 spiro atoms. The Bertz CT molecular complexity index is 1070. The van der Waals surface area contributed by atoms with E-state index in [0.29, 0.717) is 16.1 Å². The van der Waals surface area contributed by atoms with E-state index in [1.807, 2.05) is 16.3 Å². The molecule has 0 radical (unpaired) electrons. The van der Waals surface area contributed by atoms with E-state index in [-0.39, 0.29) is 17.9 Å². The topological polar surface area (TPSA) is 80.1 Å². The molecule has 2 amide bonds. The second-order valence-electron chi connectivity index (χ2n) is 8.10. The van der Waals surface area contributed by atoms with Gasteiger partial charge in [-0.15, -0.1) is 21.5 Å². The first-order chi connectivity index (χ1) is 15.2. The largest absolute Gasteiger partial charge is 0.328 e. The third-order valence-electron chi connectivity index (χ3n) is 6.08. The van der Waals surface area contributed by atoms with Gasteiger partial charge in [0.1, 0.15) is 5.82 Å². The minimum atomic E-state index is -0.138. The Morgan fingerprint density at radius 3 is 2.68 bits per heavy atom. The highest BCUT2D eigenvalue weighted by atomic mass is 32.1. The van der Waals surface area contributed by atoms with Crippen LogP contribution in [0.15, 0.2) is 41.8 Å². The highest BCUT2D eigenvalue weighted by Gasteiger charge is 2.34. The summed E-state index contributed by atoms with van der Waals surface area (Å²) in [5.41, 5.74) is 1.30. The molecule has 160 valence electrons. The van der Waals surface area contributed by atoms with E-state index in [9.17, 15) is 9.59 Å². The van der Waals surface area contributed by atoms with Crippen LogP contribution in [0.2, 0.25) is 0 Å². The molecule has 1 N–H and O–H groups in total. The molecule has 8 heteroatoms. The SMILES string of the molecule is O=C(Nc1ccc(C(=O)N2CCCC2c2nnc3n2CCCCC3)cc1)c1cccs1. The molecule has 0 saturated carbocycles. The van der Waals surface area contributed by atoms with Crippen LogP contribution in [0.3, 0.4) is 0 Å². The molecule has 31 heavy (non-hydrogen) atoms. The van der Waals surface area contributed by atoms with E-state index >= 15 is 0 Å². The summed E-state index contributed by atoms with van der Waals surface area (Å²) in [5, 5.41) is 13.7. The van der Waals surface area contributed by atoms with Crippen molar-refractivity contribution in [2.75, 3.05) is 11.9 Å². The smallest absolute Gasteiger partial charge is 0.265 e. The normalized spacial score (nSPS) is 18.5. The lowest BCUT2D eigenvalue weighted by molar-refractivity contribution is 0.0727. The van der Waals surface area contributed by atoms with Crippen molar-refractivity contribution in [3.05, 3.63) is 63.9 Å². The maximum absolute atomic E-state index is 13.3. The Labute approximate surface area is 185 Å². The first-order valence-electron chi connectivity index (χ1n) is 10.9. The fraction of sp³-hybridized carbons (Fsp3) is 0.391. The van der Waals surface area contributed by atoms with Gasteiger partial charge in [0.2, 0.25) is 0 Å². The summed E-state index contributed by atoms with van der Waals surface area (Å²) in [4.78, 5) is 28.1. The molecule has 5 rings (SSSR count). The van der Waals surface area contributed by atoms with Crippen molar-refractivity contribution >= 4 is 28.8 Å². The number of fused-ring (bicyclic) bond motifs is 1. The maximum Gasteiger partial charge on any atom is 0.265 e. The number of hydrogen-bond donors (Lipinski definition) is 1. The number of rotatable bonds is 4. The molecule has 4 heterocycles. The van der Waals surface area contributed by atoms with Gasteiger partial charge >= 0.3 is 0 Å². The number of likely N-dealkylation sites (tertiary alicyclic amines) is 1. The molecule has 2 aromatic heterocycles. The number of benzene rings is 1. The first-order valence-corrected chi connectivity index (χ1v) is 11.8. The van der Waals surface area contributed by atoms with Gasteiger partial charge in [0.15, 0.2) is 5.82 Å². The van der Waals surface area contributed by atoms with Crippen molar-refractivity contribution in [1.82, 2.24) is 19.7 Å². The predicted octanol–water partition coefficient (Wildman–Crippen LogP) is 4.30. The monoisotopic (exact) mass is 435 g/mol. The van der Waals surface area contributed by atoms with Crippen LogP contribution >= 0.6 is 11.3 Å². The molecule has 1 unspecified atom stereocenters. The second-order valence-corrected chi connectivity index (χ2v) is 9.05. The van der Waals surface area contributed by atoms with Gasteiger partial charge in [-0.2, -0.15) is 0 Å². The van der Waals surface area contributed by atoms with Crippen molar-refractivity contribution in [2.24, 2.45) is 0 Å². The summed E-state index contributed by atoms with van der Waals surface area (Å²) in [5.74, 6) is 1.85. The van der Waals surface area contributed by atoms with Gasteiger partial charge in [-0.25, -0.2) is 0 Å². The minimum Gasteiger partial charge on any atom is -0.328 e. The van der Waals surface area contributed by atoms with E-state index in [1.54, 1.807) is 30.3 Å². The lowest BCUT2D eigenvalue weighted by atomic mass is 10.1. The van der Waals surface area contributed by atoms with Crippen LogP contribution in [0.4, 0.5) is 5.69 Å². The van der Waals surface area contributed by atoms with Crippen molar-refractivity contribution in [1.29, 1.82) is 0 Å². The molecule has 0 aliphatic carbocycles. The first kappa shape index (κ1) is 19.9. The summed E-state index contributed by atoms with van der Waals surface area (Å²) in [6, 6.07) is 10.8. The maximum atomic E-state index is 13.3. The van der Waals surface area contributed by atoms with Crippen LogP contribution in [0.25, 0.3) is 0 Å². The van der Waals surface area contributed by atoms with Crippen molar-refractivity contribution in [2.45, 2.75) is 51.1 Å². The number of carbonyl (C=O) groups excluding carboxylic acids is 2. The molecule has 1 atom stereocenters. The van der Waals surface area contributed by atoms with Crippen LogP contribution in [-0.2, 0) is 13.0 Å². The lowest BCUT2D eigenvalue weighted by Crippen LogP contribution is -2.32. The predicted molar refractivity (Wildman–Crippen MR) is 119 cm³/mol. The highest BCUT2D eigenvalue weighted by Crippen LogP contribution is 2.33.